The maximum absolute atomic E-state index is 12.4. The molecule has 0 saturated carbocycles. The summed E-state index contributed by atoms with van der Waals surface area (Å²) in [5.41, 5.74) is 4.65. The third kappa shape index (κ3) is 6.15. The van der Waals surface area contributed by atoms with Crippen molar-refractivity contribution >= 4 is 22.6 Å². The van der Waals surface area contributed by atoms with Crippen molar-refractivity contribution in [1.82, 2.24) is 15.7 Å². The van der Waals surface area contributed by atoms with Gasteiger partial charge in [-0.05, 0) is 84.2 Å². The van der Waals surface area contributed by atoms with Crippen molar-refractivity contribution in [1.29, 1.82) is 0 Å². The minimum atomic E-state index is -0.611. The van der Waals surface area contributed by atoms with Crippen molar-refractivity contribution in [2.45, 2.75) is 39.8 Å². The molecule has 0 spiro atoms. The Morgan fingerprint density at radius 3 is 1.88 bits per heavy atom. The van der Waals surface area contributed by atoms with E-state index in [1.54, 1.807) is 17.6 Å². The molecule has 0 aliphatic rings. The maximum Gasteiger partial charge on any atom is 0.274 e. The van der Waals surface area contributed by atoms with Gasteiger partial charge in [-0.1, -0.05) is 38.1 Å². The number of fused-ring (bicyclic) bond motifs is 1. The molecular formula is C26H31N3O3. The first kappa shape index (κ1) is 23.4. The van der Waals surface area contributed by atoms with Gasteiger partial charge in [0.2, 0.25) is 0 Å². The summed E-state index contributed by atoms with van der Waals surface area (Å²) in [5, 5.41) is 13.9. The Labute approximate surface area is 189 Å². The Morgan fingerprint density at radius 2 is 1.31 bits per heavy atom. The molecule has 0 saturated heterocycles. The summed E-state index contributed by atoms with van der Waals surface area (Å²) in [4.78, 5) is 26.3. The van der Waals surface area contributed by atoms with Crippen LogP contribution in [0.25, 0.3) is 10.8 Å². The second-order valence-electron chi connectivity index (χ2n) is 7.99. The fourth-order valence-electron chi connectivity index (χ4n) is 3.84. The van der Waals surface area contributed by atoms with Crippen LogP contribution in [0.1, 0.15) is 58.5 Å². The molecule has 6 nitrogen and oxygen atoms in total. The molecule has 0 bridgehead atoms. The van der Waals surface area contributed by atoms with Crippen LogP contribution in [0, 0.1) is 0 Å². The van der Waals surface area contributed by atoms with E-state index in [-0.39, 0.29) is 11.5 Å². The van der Waals surface area contributed by atoms with E-state index < -0.39 is 5.91 Å². The zero-order chi connectivity index (χ0) is 22.9. The normalized spacial score (nSPS) is 11.0. The van der Waals surface area contributed by atoms with Crippen molar-refractivity contribution in [3.8, 4) is 0 Å². The van der Waals surface area contributed by atoms with Crippen molar-refractivity contribution in [2.75, 3.05) is 13.1 Å². The topological polar surface area (TPSA) is 81.7 Å². The number of hydrogen-bond acceptors (Lipinski definition) is 4. The summed E-state index contributed by atoms with van der Waals surface area (Å²) in [5.74, 6) is -0.831. The van der Waals surface area contributed by atoms with Gasteiger partial charge in [0.25, 0.3) is 11.8 Å². The van der Waals surface area contributed by atoms with Crippen LogP contribution < -0.4 is 10.8 Å². The molecule has 0 unspecified atom stereocenters. The number of rotatable bonds is 10. The smallest absolute Gasteiger partial charge is 0.274 e. The molecular weight excluding hydrogens is 402 g/mol. The van der Waals surface area contributed by atoms with Crippen LogP contribution in [0.15, 0.2) is 60.7 Å². The maximum atomic E-state index is 12.4. The van der Waals surface area contributed by atoms with Crippen LogP contribution >= 0.6 is 0 Å². The van der Waals surface area contributed by atoms with Gasteiger partial charge in [-0.15, -0.1) is 0 Å². The molecule has 168 valence electrons. The summed E-state index contributed by atoms with van der Waals surface area (Å²) in [6, 6.07) is 18.9. The van der Waals surface area contributed by atoms with E-state index >= 15 is 0 Å². The molecule has 0 aliphatic carbocycles. The number of amides is 2. The summed E-state index contributed by atoms with van der Waals surface area (Å²) in [7, 11) is 0. The third-order valence-corrected chi connectivity index (χ3v) is 5.42. The summed E-state index contributed by atoms with van der Waals surface area (Å²) < 4.78 is 0. The van der Waals surface area contributed by atoms with Crippen LogP contribution in [0.5, 0.6) is 0 Å². The van der Waals surface area contributed by atoms with E-state index in [0.717, 1.165) is 43.4 Å². The lowest BCUT2D eigenvalue weighted by atomic mass is 10.0. The van der Waals surface area contributed by atoms with Gasteiger partial charge in [0.15, 0.2) is 0 Å². The van der Waals surface area contributed by atoms with Gasteiger partial charge in [0, 0.05) is 24.2 Å². The number of carbonyl (C=O) groups is 2. The van der Waals surface area contributed by atoms with E-state index in [0.29, 0.717) is 12.1 Å². The van der Waals surface area contributed by atoms with Crippen molar-refractivity contribution in [3.63, 3.8) is 0 Å². The molecule has 0 heterocycles. The average Bonchev–Trinajstić information content (AvgIpc) is 2.82. The average molecular weight is 434 g/mol. The summed E-state index contributed by atoms with van der Waals surface area (Å²) >= 11 is 0. The highest BCUT2D eigenvalue weighted by atomic mass is 16.5. The molecule has 6 heteroatoms. The number of carbonyl (C=O) groups excluding carboxylic acids is 2. The summed E-state index contributed by atoms with van der Waals surface area (Å²) in [6.07, 6.45) is 2.32. The Bertz CT molecular complexity index is 1060. The van der Waals surface area contributed by atoms with Gasteiger partial charge in [0.1, 0.15) is 0 Å². The first-order chi connectivity index (χ1) is 15.5. The van der Waals surface area contributed by atoms with Crippen molar-refractivity contribution < 1.29 is 14.8 Å². The SMILES string of the molecule is CCCN(CCC)Cc1ccc2cc(CNC(=O)c3ccc(C(=O)NO)cc3)ccc2c1. The molecule has 2 amide bonds. The van der Waals surface area contributed by atoms with Gasteiger partial charge >= 0.3 is 0 Å². The van der Waals surface area contributed by atoms with Gasteiger partial charge < -0.3 is 5.32 Å². The second-order valence-corrected chi connectivity index (χ2v) is 7.99. The lowest BCUT2D eigenvalue weighted by molar-refractivity contribution is 0.0706. The van der Waals surface area contributed by atoms with Gasteiger partial charge in [-0.25, -0.2) is 5.48 Å². The molecule has 0 aliphatic heterocycles. The van der Waals surface area contributed by atoms with Crippen LogP contribution in [-0.2, 0) is 13.1 Å². The highest BCUT2D eigenvalue weighted by Gasteiger charge is 2.09. The minimum Gasteiger partial charge on any atom is -0.348 e. The number of hydrogen-bond donors (Lipinski definition) is 3. The fraction of sp³-hybridized carbons (Fsp3) is 0.308. The van der Waals surface area contributed by atoms with Crippen molar-refractivity contribution in [2.24, 2.45) is 0 Å². The molecule has 3 aromatic carbocycles. The Balaban J connectivity index is 1.63. The minimum absolute atomic E-state index is 0.219. The third-order valence-electron chi connectivity index (χ3n) is 5.42. The number of hydroxylamine groups is 1. The van der Waals surface area contributed by atoms with E-state index in [1.807, 2.05) is 6.07 Å². The van der Waals surface area contributed by atoms with E-state index in [4.69, 9.17) is 5.21 Å². The monoisotopic (exact) mass is 433 g/mol. The zero-order valence-corrected chi connectivity index (χ0v) is 18.7. The first-order valence-electron chi connectivity index (χ1n) is 11.1. The van der Waals surface area contributed by atoms with Crippen LogP contribution in [0.2, 0.25) is 0 Å². The van der Waals surface area contributed by atoms with E-state index in [2.05, 4.69) is 54.4 Å². The highest BCUT2D eigenvalue weighted by molar-refractivity contribution is 5.97. The highest BCUT2D eigenvalue weighted by Crippen LogP contribution is 2.19. The molecule has 3 N–H and O–H groups in total. The molecule has 0 aromatic heterocycles. The number of nitrogens with one attached hydrogen (secondary N) is 2. The lowest BCUT2D eigenvalue weighted by Gasteiger charge is -2.21. The molecule has 0 fully saturated rings. The predicted molar refractivity (Wildman–Crippen MR) is 127 cm³/mol. The first-order valence-corrected chi connectivity index (χ1v) is 11.1. The lowest BCUT2D eigenvalue weighted by Crippen LogP contribution is -2.24. The van der Waals surface area contributed by atoms with Crippen LogP contribution in [-0.4, -0.2) is 35.0 Å². The number of benzene rings is 3. The number of nitrogens with zero attached hydrogens (tertiary/aromatic N) is 1. The van der Waals surface area contributed by atoms with Gasteiger partial charge in [-0.2, -0.15) is 0 Å². The molecule has 3 rings (SSSR count). The largest absolute Gasteiger partial charge is 0.348 e. The summed E-state index contributed by atoms with van der Waals surface area (Å²) in [6.45, 7) is 8.04. The van der Waals surface area contributed by atoms with Crippen LogP contribution in [0.4, 0.5) is 0 Å². The fourth-order valence-corrected chi connectivity index (χ4v) is 3.84. The van der Waals surface area contributed by atoms with E-state index in [1.165, 1.54) is 23.1 Å². The van der Waals surface area contributed by atoms with E-state index in [9.17, 15) is 9.59 Å². The molecule has 0 atom stereocenters. The molecule has 3 aromatic rings. The standard InChI is InChI=1S/C26H31N3O3/c1-3-13-29(14-4-2)18-20-6-8-23-15-19(5-7-24(23)16-20)17-27-25(30)21-9-11-22(12-10-21)26(31)28-32/h5-12,15-16,32H,3-4,13-14,17-18H2,1-2H3,(H,27,30)(H,28,31). The van der Waals surface area contributed by atoms with Crippen molar-refractivity contribution in [3.05, 3.63) is 82.9 Å². The zero-order valence-electron chi connectivity index (χ0n) is 18.7. The molecule has 32 heavy (non-hydrogen) atoms. The quantitative estimate of drug-likeness (QED) is 0.325. The van der Waals surface area contributed by atoms with Crippen LogP contribution in [0.3, 0.4) is 0 Å². The Kier molecular flexibility index (Phi) is 8.36. The second kappa shape index (κ2) is 11.4. The predicted octanol–water partition coefficient (Wildman–Crippen LogP) is 4.51. The molecule has 0 radical (unpaired) electrons. The van der Waals surface area contributed by atoms with Gasteiger partial charge in [-0.3, -0.25) is 19.7 Å². The Morgan fingerprint density at radius 1 is 0.781 bits per heavy atom. The van der Waals surface area contributed by atoms with Gasteiger partial charge in [0.05, 0.1) is 0 Å². The Hall–Kier alpha value is -3.22.